The molecular formula is C21H31N3O3. The van der Waals surface area contributed by atoms with Gasteiger partial charge in [-0.25, -0.2) is 4.99 Å². The lowest BCUT2D eigenvalue weighted by Crippen LogP contribution is -2.39. The van der Waals surface area contributed by atoms with E-state index in [0.717, 1.165) is 41.4 Å². The molecule has 148 valence electrons. The van der Waals surface area contributed by atoms with E-state index in [0.29, 0.717) is 12.5 Å². The van der Waals surface area contributed by atoms with E-state index in [4.69, 9.17) is 9.15 Å². The molecule has 0 spiro atoms. The third-order valence-electron chi connectivity index (χ3n) is 4.39. The average molecular weight is 373 g/mol. The highest BCUT2D eigenvalue weighted by molar-refractivity contribution is 5.79. The first kappa shape index (κ1) is 20.8. The Morgan fingerprint density at radius 1 is 1.26 bits per heavy atom. The van der Waals surface area contributed by atoms with Crippen LogP contribution in [0.2, 0.25) is 0 Å². The summed E-state index contributed by atoms with van der Waals surface area (Å²) < 4.78 is 10.9. The van der Waals surface area contributed by atoms with Gasteiger partial charge in [-0.1, -0.05) is 18.2 Å². The van der Waals surface area contributed by atoms with Crippen LogP contribution in [0.4, 0.5) is 0 Å². The molecule has 0 aliphatic carbocycles. The predicted molar refractivity (Wildman–Crippen MR) is 108 cm³/mol. The molecule has 6 nitrogen and oxygen atoms in total. The summed E-state index contributed by atoms with van der Waals surface area (Å²) in [5.74, 6) is 3.07. The molecule has 0 saturated heterocycles. The molecular weight excluding hydrogens is 342 g/mol. The number of aryl methyl sites for hydroxylation is 2. The number of aliphatic hydroxyl groups is 1. The van der Waals surface area contributed by atoms with E-state index in [1.165, 1.54) is 0 Å². The van der Waals surface area contributed by atoms with Crippen LogP contribution in [0.3, 0.4) is 0 Å². The molecule has 3 N–H and O–H groups in total. The second-order valence-corrected chi connectivity index (χ2v) is 6.78. The summed E-state index contributed by atoms with van der Waals surface area (Å²) in [6, 6.07) is 9.85. The molecule has 2 rings (SSSR count). The third-order valence-corrected chi connectivity index (χ3v) is 4.39. The monoisotopic (exact) mass is 373 g/mol. The summed E-state index contributed by atoms with van der Waals surface area (Å²) in [5, 5.41) is 17.4. The number of rotatable bonds is 8. The SMILES string of the molecule is CCNC(=NCC(C)(O)c1cc(C)oc1C)NCCc1ccccc1OC. The van der Waals surface area contributed by atoms with Crippen molar-refractivity contribution < 1.29 is 14.3 Å². The fourth-order valence-electron chi connectivity index (χ4n) is 3.05. The molecule has 2 aromatic rings. The van der Waals surface area contributed by atoms with E-state index in [-0.39, 0.29) is 6.54 Å². The number of guanidine groups is 1. The number of nitrogens with one attached hydrogen (secondary N) is 2. The van der Waals surface area contributed by atoms with E-state index in [1.54, 1.807) is 14.0 Å². The van der Waals surface area contributed by atoms with Crippen LogP contribution in [0.25, 0.3) is 0 Å². The van der Waals surface area contributed by atoms with Crippen LogP contribution in [0.5, 0.6) is 5.75 Å². The van der Waals surface area contributed by atoms with Gasteiger partial charge in [0.15, 0.2) is 5.96 Å². The van der Waals surface area contributed by atoms with Crippen LogP contribution in [0.1, 0.15) is 36.5 Å². The van der Waals surface area contributed by atoms with Crippen molar-refractivity contribution >= 4 is 5.96 Å². The molecule has 1 heterocycles. The summed E-state index contributed by atoms with van der Waals surface area (Å²) in [5.41, 5.74) is 0.820. The van der Waals surface area contributed by atoms with Gasteiger partial charge in [-0.2, -0.15) is 0 Å². The Morgan fingerprint density at radius 2 is 2.00 bits per heavy atom. The number of benzene rings is 1. The van der Waals surface area contributed by atoms with Gasteiger partial charge in [-0.05, 0) is 51.8 Å². The summed E-state index contributed by atoms with van der Waals surface area (Å²) >= 11 is 0. The van der Waals surface area contributed by atoms with Gasteiger partial charge in [0.2, 0.25) is 0 Å². The summed E-state index contributed by atoms with van der Waals surface area (Å²) in [6.45, 7) is 9.18. The van der Waals surface area contributed by atoms with Crippen molar-refractivity contribution in [3.63, 3.8) is 0 Å². The Balaban J connectivity index is 2.00. The van der Waals surface area contributed by atoms with E-state index in [1.807, 2.05) is 45.0 Å². The second kappa shape index (κ2) is 9.46. The van der Waals surface area contributed by atoms with Crippen LogP contribution in [-0.2, 0) is 12.0 Å². The van der Waals surface area contributed by atoms with Crippen molar-refractivity contribution in [1.82, 2.24) is 10.6 Å². The molecule has 0 bridgehead atoms. The molecule has 27 heavy (non-hydrogen) atoms. The Labute approximate surface area is 161 Å². The van der Waals surface area contributed by atoms with E-state index in [9.17, 15) is 5.11 Å². The Morgan fingerprint density at radius 3 is 2.63 bits per heavy atom. The highest BCUT2D eigenvalue weighted by Crippen LogP contribution is 2.27. The lowest BCUT2D eigenvalue weighted by atomic mass is 9.96. The van der Waals surface area contributed by atoms with Crippen molar-refractivity contribution in [2.45, 2.75) is 39.7 Å². The quantitative estimate of drug-likeness (QED) is 0.490. The number of aliphatic imine (C=N–C) groups is 1. The minimum atomic E-state index is -1.09. The van der Waals surface area contributed by atoms with Crippen molar-refractivity contribution in [3.05, 3.63) is 53.0 Å². The number of hydrogen-bond donors (Lipinski definition) is 3. The van der Waals surface area contributed by atoms with Gasteiger partial charge in [0.1, 0.15) is 22.9 Å². The lowest BCUT2D eigenvalue weighted by molar-refractivity contribution is 0.0657. The fourth-order valence-corrected chi connectivity index (χ4v) is 3.05. The van der Waals surface area contributed by atoms with Gasteiger partial charge in [-0.3, -0.25) is 0 Å². The van der Waals surface area contributed by atoms with E-state index in [2.05, 4.69) is 21.7 Å². The van der Waals surface area contributed by atoms with E-state index < -0.39 is 5.60 Å². The van der Waals surface area contributed by atoms with Crippen LogP contribution in [-0.4, -0.2) is 37.8 Å². The minimum Gasteiger partial charge on any atom is -0.496 e. The molecule has 0 radical (unpaired) electrons. The number of nitrogens with zero attached hydrogens (tertiary/aromatic N) is 1. The summed E-state index contributed by atoms with van der Waals surface area (Å²) in [6.07, 6.45) is 0.810. The van der Waals surface area contributed by atoms with Gasteiger partial charge in [-0.15, -0.1) is 0 Å². The van der Waals surface area contributed by atoms with Crippen LogP contribution >= 0.6 is 0 Å². The third kappa shape index (κ3) is 5.76. The Kier molecular flexibility index (Phi) is 7.30. The van der Waals surface area contributed by atoms with Crippen molar-refractivity contribution in [3.8, 4) is 5.75 Å². The molecule has 0 aliphatic heterocycles. The standard InChI is InChI=1S/C21H31N3O3/c1-6-22-20(23-12-11-17-9-7-8-10-19(17)26-5)24-14-21(4,25)18-13-15(2)27-16(18)3/h7-10,13,25H,6,11-12,14H2,1-5H3,(H2,22,23,24). The first-order chi connectivity index (χ1) is 12.9. The first-order valence-corrected chi connectivity index (χ1v) is 9.31. The summed E-state index contributed by atoms with van der Waals surface area (Å²) in [7, 11) is 1.68. The van der Waals surface area contributed by atoms with Gasteiger partial charge in [0, 0.05) is 18.7 Å². The Bertz CT molecular complexity index is 766. The zero-order chi connectivity index (χ0) is 19.9. The highest BCUT2D eigenvalue weighted by atomic mass is 16.5. The van der Waals surface area contributed by atoms with Gasteiger partial charge in [0.05, 0.1) is 13.7 Å². The topological polar surface area (TPSA) is 79.0 Å². The van der Waals surface area contributed by atoms with Crippen molar-refractivity contribution in [2.75, 3.05) is 26.7 Å². The predicted octanol–water partition coefficient (Wildman–Crippen LogP) is 2.91. The summed E-state index contributed by atoms with van der Waals surface area (Å²) in [4.78, 5) is 4.56. The smallest absolute Gasteiger partial charge is 0.191 e. The molecule has 1 unspecified atom stereocenters. The molecule has 6 heteroatoms. The zero-order valence-electron chi connectivity index (χ0n) is 16.9. The van der Waals surface area contributed by atoms with Crippen LogP contribution in [0.15, 0.2) is 39.7 Å². The molecule has 0 fully saturated rings. The zero-order valence-corrected chi connectivity index (χ0v) is 16.9. The Hall–Kier alpha value is -2.47. The van der Waals surface area contributed by atoms with Crippen molar-refractivity contribution in [2.24, 2.45) is 4.99 Å². The fraction of sp³-hybridized carbons (Fsp3) is 0.476. The average Bonchev–Trinajstić information content (AvgIpc) is 2.99. The van der Waals surface area contributed by atoms with Gasteiger partial charge >= 0.3 is 0 Å². The normalized spacial score (nSPS) is 13.9. The highest BCUT2D eigenvalue weighted by Gasteiger charge is 2.27. The number of hydrogen-bond acceptors (Lipinski definition) is 4. The molecule has 0 amide bonds. The van der Waals surface area contributed by atoms with Gasteiger partial charge < -0.3 is 24.9 Å². The second-order valence-electron chi connectivity index (χ2n) is 6.78. The maximum absolute atomic E-state index is 10.8. The molecule has 1 aromatic heterocycles. The minimum absolute atomic E-state index is 0.233. The maximum Gasteiger partial charge on any atom is 0.191 e. The number of methoxy groups -OCH3 is 1. The van der Waals surface area contributed by atoms with Crippen LogP contribution < -0.4 is 15.4 Å². The number of furan rings is 1. The molecule has 1 aromatic carbocycles. The largest absolute Gasteiger partial charge is 0.496 e. The molecule has 1 atom stereocenters. The number of ether oxygens (including phenoxy) is 1. The lowest BCUT2D eigenvalue weighted by Gasteiger charge is -2.21. The van der Waals surface area contributed by atoms with Crippen LogP contribution in [0, 0.1) is 13.8 Å². The first-order valence-electron chi connectivity index (χ1n) is 9.31. The number of para-hydroxylation sites is 1. The molecule has 0 saturated carbocycles. The molecule has 0 aliphatic rings. The van der Waals surface area contributed by atoms with Crippen molar-refractivity contribution in [1.29, 1.82) is 0 Å². The maximum atomic E-state index is 10.8. The van der Waals surface area contributed by atoms with Gasteiger partial charge in [0.25, 0.3) is 0 Å². The van der Waals surface area contributed by atoms with E-state index >= 15 is 0 Å².